The number of rotatable bonds is 2. The largest absolute Gasteiger partial charge is 0.178 e. The van der Waals surface area contributed by atoms with E-state index in [1.54, 1.807) is 12.1 Å². The van der Waals surface area contributed by atoms with Crippen molar-refractivity contribution in [2.75, 3.05) is 0 Å². The molecule has 0 radical (unpaired) electrons. The highest BCUT2D eigenvalue weighted by atomic mass is 35.5. The number of aromatic nitrogens is 4. The van der Waals surface area contributed by atoms with E-state index in [4.69, 9.17) is 23.2 Å². The fourth-order valence-electron chi connectivity index (χ4n) is 1.09. The molecule has 2 aromatic rings. The minimum Gasteiger partial charge on any atom is -0.177 e. The zero-order chi connectivity index (χ0) is 9.97. The summed E-state index contributed by atoms with van der Waals surface area (Å²) < 4.78 is 0. The van der Waals surface area contributed by atoms with Crippen LogP contribution in [0.5, 0.6) is 0 Å². The van der Waals surface area contributed by atoms with Crippen LogP contribution >= 0.6 is 23.2 Å². The number of H-pyrrole nitrogens is 1. The van der Waals surface area contributed by atoms with E-state index in [0.717, 1.165) is 5.56 Å². The number of benzene rings is 1. The molecule has 0 atom stereocenters. The predicted octanol–water partition coefficient (Wildman–Crippen LogP) is 2.10. The summed E-state index contributed by atoms with van der Waals surface area (Å²) >= 11 is 11.6. The highest BCUT2D eigenvalue weighted by Crippen LogP contribution is 2.23. The van der Waals surface area contributed by atoms with Gasteiger partial charge in [0, 0.05) is 6.42 Å². The second-order valence-corrected chi connectivity index (χ2v) is 3.57. The summed E-state index contributed by atoms with van der Waals surface area (Å²) in [6.45, 7) is 0. The molecule has 14 heavy (non-hydrogen) atoms. The van der Waals surface area contributed by atoms with Gasteiger partial charge in [-0.1, -0.05) is 34.5 Å². The van der Waals surface area contributed by atoms with E-state index in [9.17, 15) is 0 Å². The van der Waals surface area contributed by atoms with Crippen LogP contribution < -0.4 is 0 Å². The second-order valence-electron chi connectivity index (χ2n) is 2.75. The van der Waals surface area contributed by atoms with Gasteiger partial charge in [-0.3, -0.25) is 0 Å². The lowest BCUT2D eigenvalue weighted by Crippen LogP contribution is -1.91. The molecule has 0 unspecified atom stereocenters. The average molecular weight is 229 g/mol. The van der Waals surface area contributed by atoms with Crippen molar-refractivity contribution in [1.29, 1.82) is 0 Å². The Bertz CT molecular complexity index is 427. The van der Waals surface area contributed by atoms with Gasteiger partial charge in [-0.15, -0.1) is 10.2 Å². The Kier molecular flexibility index (Phi) is 2.65. The lowest BCUT2D eigenvalue weighted by atomic mass is 10.1. The third kappa shape index (κ3) is 2.02. The Morgan fingerprint density at radius 1 is 1.21 bits per heavy atom. The number of hydrogen-bond donors (Lipinski definition) is 1. The number of nitrogens with zero attached hydrogens (tertiary/aromatic N) is 3. The van der Waals surface area contributed by atoms with Crippen molar-refractivity contribution >= 4 is 23.2 Å². The summed E-state index contributed by atoms with van der Waals surface area (Å²) in [4.78, 5) is 0. The normalized spacial score (nSPS) is 10.4. The molecule has 2 rings (SSSR count). The van der Waals surface area contributed by atoms with Crippen molar-refractivity contribution in [3.63, 3.8) is 0 Å². The first-order chi connectivity index (χ1) is 6.75. The van der Waals surface area contributed by atoms with Crippen LogP contribution in [-0.4, -0.2) is 20.6 Å². The molecular formula is C8H6Cl2N4. The first-order valence-electron chi connectivity index (χ1n) is 3.92. The molecule has 1 N–H and O–H groups in total. The zero-order valence-electron chi connectivity index (χ0n) is 7.04. The summed E-state index contributed by atoms with van der Waals surface area (Å²) in [5, 5.41) is 14.6. The topological polar surface area (TPSA) is 54.5 Å². The minimum atomic E-state index is 0.535. The highest BCUT2D eigenvalue weighted by Gasteiger charge is 2.03. The van der Waals surface area contributed by atoms with Gasteiger partial charge in [0.1, 0.15) is 0 Å². The monoisotopic (exact) mass is 228 g/mol. The van der Waals surface area contributed by atoms with Crippen LogP contribution in [-0.2, 0) is 6.42 Å². The van der Waals surface area contributed by atoms with E-state index in [1.165, 1.54) is 0 Å². The van der Waals surface area contributed by atoms with Crippen LogP contribution in [0.3, 0.4) is 0 Å². The van der Waals surface area contributed by atoms with E-state index >= 15 is 0 Å². The Morgan fingerprint density at radius 3 is 2.71 bits per heavy atom. The number of nitrogens with one attached hydrogen (secondary N) is 1. The smallest absolute Gasteiger partial charge is 0.177 e. The molecule has 1 heterocycles. The van der Waals surface area contributed by atoms with Gasteiger partial charge in [-0.25, -0.2) is 0 Å². The lowest BCUT2D eigenvalue weighted by Gasteiger charge is -1.99. The fourth-order valence-corrected chi connectivity index (χ4v) is 1.41. The van der Waals surface area contributed by atoms with Crippen LogP contribution in [0.15, 0.2) is 18.2 Å². The van der Waals surface area contributed by atoms with Gasteiger partial charge in [0.25, 0.3) is 0 Å². The Balaban J connectivity index is 2.22. The summed E-state index contributed by atoms with van der Waals surface area (Å²) in [6.07, 6.45) is 0.591. The van der Waals surface area contributed by atoms with Crippen molar-refractivity contribution in [3.8, 4) is 0 Å². The third-order valence-corrected chi connectivity index (χ3v) is 2.47. The molecule has 1 aromatic carbocycles. The molecule has 0 bridgehead atoms. The van der Waals surface area contributed by atoms with Crippen molar-refractivity contribution in [3.05, 3.63) is 39.6 Å². The Hall–Kier alpha value is -1.13. The minimum absolute atomic E-state index is 0.535. The van der Waals surface area contributed by atoms with E-state index < -0.39 is 0 Å². The van der Waals surface area contributed by atoms with Crippen LogP contribution in [0.25, 0.3) is 0 Å². The van der Waals surface area contributed by atoms with Crippen molar-refractivity contribution in [2.45, 2.75) is 6.42 Å². The lowest BCUT2D eigenvalue weighted by molar-refractivity contribution is 0.881. The van der Waals surface area contributed by atoms with Crippen LogP contribution in [0.4, 0.5) is 0 Å². The quantitative estimate of drug-likeness (QED) is 0.857. The van der Waals surface area contributed by atoms with Crippen LogP contribution in [0, 0.1) is 0 Å². The Labute approximate surface area is 90.2 Å². The van der Waals surface area contributed by atoms with Crippen molar-refractivity contribution < 1.29 is 0 Å². The highest BCUT2D eigenvalue weighted by molar-refractivity contribution is 6.42. The first-order valence-corrected chi connectivity index (χ1v) is 4.67. The van der Waals surface area contributed by atoms with E-state index in [2.05, 4.69) is 20.6 Å². The zero-order valence-corrected chi connectivity index (χ0v) is 8.55. The summed E-state index contributed by atoms with van der Waals surface area (Å²) in [6, 6.07) is 5.42. The first kappa shape index (κ1) is 9.43. The van der Waals surface area contributed by atoms with Crippen molar-refractivity contribution in [2.24, 2.45) is 0 Å². The molecule has 4 nitrogen and oxygen atoms in total. The van der Waals surface area contributed by atoms with Gasteiger partial charge >= 0.3 is 0 Å². The molecular weight excluding hydrogens is 223 g/mol. The molecule has 72 valence electrons. The maximum atomic E-state index is 5.86. The maximum absolute atomic E-state index is 5.86. The van der Waals surface area contributed by atoms with E-state index in [-0.39, 0.29) is 0 Å². The van der Waals surface area contributed by atoms with E-state index in [0.29, 0.717) is 22.3 Å². The van der Waals surface area contributed by atoms with Gasteiger partial charge in [-0.2, -0.15) is 5.21 Å². The molecule has 0 aliphatic rings. The molecule has 6 heteroatoms. The molecule has 0 saturated carbocycles. The van der Waals surface area contributed by atoms with Gasteiger partial charge in [-0.05, 0) is 17.7 Å². The number of halogens is 2. The molecule has 0 aliphatic heterocycles. The number of aromatic amines is 1. The summed E-state index contributed by atoms with van der Waals surface area (Å²) in [5.74, 6) is 0.628. The van der Waals surface area contributed by atoms with Gasteiger partial charge in [0.15, 0.2) is 5.82 Å². The third-order valence-electron chi connectivity index (χ3n) is 1.74. The predicted molar refractivity (Wildman–Crippen MR) is 53.4 cm³/mol. The SMILES string of the molecule is Clc1ccc(Cc2nn[nH]n2)cc1Cl. The molecule has 0 aliphatic carbocycles. The Morgan fingerprint density at radius 2 is 2.07 bits per heavy atom. The van der Waals surface area contributed by atoms with Gasteiger partial charge < -0.3 is 0 Å². The fraction of sp³-hybridized carbons (Fsp3) is 0.125. The molecule has 0 amide bonds. The molecule has 0 saturated heterocycles. The van der Waals surface area contributed by atoms with E-state index in [1.807, 2.05) is 6.07 Å². The maximum Gasteiger partial charge on any atom is 0.178 e. The molecule has 0 spiro atoms. The molecule has 1 aromatic heterocycles. The van der Waals surface area contributed by atoms with Gasteiger partial charge in [0.2, 0.25) is 0 Å². The molecule has 0 fully saturated rings. The number of tetrazole rings is 1. The van der Waals surface area contributed by atoms with Gasteiger partial charge in [0.05, 0.1) is 10.0 Å². The second kappa shape index (κ2) is 3.94. The van der Waals surface area contributed by atoms with Crippen molar-refractivity contribution in [1.82, 2.24) is 20.6 Å². The standard InChI is InChI=1S/C8H6Cl2N4/c9-6-2-1-5(3-7(6)10)4-8-11-13-14-12-8/h1-3H,4H2,(H,11,12,13,14). The number of hydrogen-bond acceptors (Lipinski definition) is 3. The summed E-state index contributed by atoms with van der Waals surface area (Å²) in [5.41, 5.74) is 1.00. The average Bonchev–Trinajstić information content (AvgIpc) is 2.64. The van der Waals surface area contributed by atoms with Crippen LogP contribution in [0.2, 0.25) is 10.0 Å². The summed E-state index contributed by atoms with van der Waals surface area (Å²) in [7, 11) is 0. The van der Waals surface area contributed by atoms with Crippen LogP contribution in [0.1, 0.15) is 11.4 Å².